The van der Waals surface area contributed by atoms with Gasteiger partial charge >= 0.3 is 5.97 Å². The first kappa shape index (κ1) is 20.5. The predicted molar refractivity (Wildman–Crippen MR) is 112 cm³/mol. The third-order valence-corrected chi connectivity index (χ3v) is 4.71. The van der Waals surface area contributed by atoms with Gasteiger partial charge in [0.1, 0.15) is 5.69 Å². The molecule has 0 unspecified atom stereocenters. The lowest BCUT2D eigenvalue weighted by Crippen LogP contribution is -2.23. The molecule has 1 amide bonds. The van der Waals surface area contributed by atoms with Crippen molar-refractivity contribution in [3.05, 3.63) is 68.6 Å². The Balaban J connectivity index is 1.72. The average Bonchev–Trinajstić information content (AvgIpc) is 2.69. The molecule has 3 aromatic rings. The highest BCUT2D eigenvalue weighted by atomic mass is 35.5. The lowest BCUT2D eigenvalue weighted by molar-refractivity contribution is -0.119. The van der Waals surface area contributed by atoms with E-state index in [1.54, 1.807) is 41.8 Å². The van der Waals surface area contributed by atoms with Crippen molar-refractivity contribution in [1.82, 2.24) is 9.55 Å². The van der Waals surface area contributed by atoms with Crippen LogP contribution in [0.15, 0.2) is 41.2 Å². The molecule has 0 aliphatic carbocycles. The van der Waals surface area contributed by atoms with E-state index >= 15 is 0 Å². The first-order valence-corrected chi connectivity index (χ1v) is 9.42. The molecule has 0 bridgehead atoms. The van der Waals surface area contributed by atoms with Crippen LogP contribution >= 0.6 is 11.6 Å². The summed E-state index contributed by atoms with van der Waals surface area (Å²) in [5, 5.41) is 3.01. The average molecular weight is 414 g/mol. The number of aryl methyl sites for hydroxylation is 3. The van der Waals surface area contributed by atoms with Crippen molar-refractivity contribution in [2.75, 3.05) is 11.9 Å². The zero-order valence-corrected chi connectivity index (χ0v) is 17.0. The number of ether oxygens (including phenoxy) is 1. The first-order valence-electron chi connectivity index (χ1n) is 9.04. The van der Waals surface area contributed by atoms with Crippen LogP contribution in [-0.2, 0) is 16.1 Å². The molecule has 0 aliphatic rings. The van der Waals surface area contributed by atoms with Crippen molar-refractivity contribution in [2.45, 2.75) is 27.3 Å². The molecule has 1 aromatic heterocycles. The summed E-state index contributed by atoms with van der Waals surface area (Å²) in [7, 11) is 0. The molecule has 0 saturated heterocycles. The van der Waals surface area contributed by atoms with E-state index in [1.165, 1.54) is 0 Å². The van der Waals surface area contributed by atoms with Gasteiger partial charge in [0.15, 0.2) is 6.61 Å². The maximum absolute atomic E-state index is 12.3. The van der Waals surface area contributed by atoms with Crippen molar-refractivity contribution in [2.24, 2.45) is 0 Å². The summed E-state index contributed by atoms with van der Waals surface area (Å²) in [4.78, 5) is 40.8. The van der Waals surface area contributed by atoms with Crippen LogP contribution in [0.4, 0.5) is 5.69 Å². The van der Waals surface area contributed by atoms with E-state index in [0.717, 1.165) is 5.56 Å². The molecular weight excluding hydrogens is 394 g/mol. The number of rotatable bonds is 5. The highest BCUT2D eigenvalue weighted by Gasteiger charge is 2.14. The molecular formula is C21H20ClN3O4. The summed E-state index contributed by atoms with van der Waals surface area (Å²) in [6, 6.07) is 9.96. The quantitative estimate of drug-likeness (QED) is 0.646. The van der Waals surface area contributed by atoms with E-state index in [0.29, 0.717) is 34.0 Å². The van der Waals surface area contributed by atoms with Crippen molar-refractivity contribution >= 4 is 40.2 Å². The minimum Gasteiger partial charge on any atom is -0.452 e. The summed E-state index contributed by atoms with van der Waals surface area (Å²) in [5.74, 6) is -1.16. The van der Waals surface area contributed by atoms with Crippen molar-refractivity contribution < 1.29 is 14.3 Å². The van der Waals surface area contributed by atoms with Gasteiger partial charge in [0, 0.05) is 6.54 Å². The molecule has 0 saturated carbocycles. The lowest BCUT2D eigenvalue weighted by atomic mass is 10.2. The number of hydrogen-bond acceptors (Lipinski definition) is 5. The van der Waals surface area contributed by atoms with E-state index in [4.69, 9.17) is 16.3 Å². The van der Waals surface area contributed by atoms with Crippen LogP contribution in [0.1, 0.15) is 28.5 Å². The zero-order chi connectivity index (χ0) is 21.1. The topological polar surface area (TPSA) is 90.3 Å². The third kappa shape index (κ3) is 4.46. The largest absolute Gasteiger partial charge is 0.452 e. The maximum Gasteiger partial charge on any atom is 0.338 e. The lowest BCUT2D eigenvalue weighted by Gasteiger charge is -2.11. The van der Waals surface area contributed by atoms with Gasteiger partial charge in [0.2, 0.25) is 0 Å². The Morgan fingerprint density at radius 3 is 2.62 bits per heavy atom. The van der Waals surface area contributed by atoms with Gasteiger partial charge in [0.05, 0.1) is 27.3 Å². The molecule has 150 valence electrons. The number of anilines is 1. The minimum atomic E-state index is -0.661. The molecule has 0 radical (unpaired) electrons. The van der Waals surface area contributed by atoms with Gasteiger partial charge < -0.3 is 14.6 Å². The van der Waals surface area contributed by atoms with Gasteiger partial charge in [-0.2, -0.15) is 0 Å². The van der Waals surface area contributed by atoms with Gasteiger partial charge in [-0.25, -0.2) is 9.78 Å². The van der Waals surface area contributed by atoms with Crippen LogP contribution in [-0.4, -0.2) is 28.0 Å². The second kappa shape index (κ2) is 8.45. The Labute approximate surface area is 172 Å². The van der Waals surface area contributed by atoms with Crippen LogP contribution in [0.25, 0.3) is 11.0 Å². The SMILES string of the molecule is CCn1c(=O)c(C)nc2cc(C(=O)OCC(=O)Nc3ccc(C)cc3Cl)ccc21. The van der Waals surface area contributed by atoms with Crippen molar-refractivity contribution in [3.8, 4) is 0 Å². The number of aromatic nitrogens is 2. The molecule has 2 aromatic carbocycles. The fourth-order valence-corrected chi connectivity index (χ4v) is 3.22. The Morgan fingerprint density at radius 1 is 1.17 bits per heavy atom. The Bertz CT molecular complexity index is 1170. The second-order valence-electron chi connectivity index (χ2n) is 6.56. The summed E-state index contributed by atoms with van der Waals surface area (Å²) in [6.07, 6.45) is 0. The normalized spacial score (nSPS) is 10.8. The molecule has 0 spiro atoms. The number of hydrogen-bond donors (Lipinski definition) is 1. The molecule has 0 fully saturated rings. The van der Waals surface area contributed by atoms with E-state index < -0.39 is 18.5 Å². The molecule has 0 aliphatic heterocycles. The van der Waals surface area contributed by atoms with Gasteiger partial charge in [-0.3, -0.25) is 9.59 Å². The smallest absolute Gasteiger partial charge is 0.338 e. The van der Waals surface area contributed by atoms with Crippen molar-refractivity contribution in [1.29, 1.82) is 0 Å². The van der Waals surface area contributed by atoms with Gasteiger partial charge in [-0.1, -0.05) is 17.7 Å². The minimum absolute atomic E-state index is 0.165. The van der Waals surface area contributed by atoms with E-state index in [9.17, 15) is 14.4 Å². The van der Waals surface area contributed by atoms with E-state index in [2.05, 4.69) is 10.3 Å². The highest BCUT2D eigenvalue weighted by Crippen LogP contribution is 2.22. The standard InChI is InChI=1S/C21H20ClN3O4/c1-4-25-18-8-6-14(10-17(18)23-13(3)20(25)27)21(28)29-11-19(26)24-16-7-5-12(2)9-15(16)22/h5-10H,4,11H2,1-3H3,(H,24,26). The Hall–Kier alpha value is -3.19. The summed E-state index contributed by atoms with van der Waals surface area (Å²) >= 11 is 6.08. The van der Waals surface area contributed by atoms with Gasteiger partial charge in [0.25, 0.3) is 11.5 Å². The predicted octanol–water partition coefficient (Wildman–Crippen LogP) is 3.48. The number of halogens is 1. The number of amides is 1. The molecule has 0 atom stereocenters. The Morgan fingerprint density at radius 2 is 1.93 bits per heavy atom. The molecule has 1 N–H and O–H groups in total. The summed E-state index contributed by atoms with van der Waals surface area (Å²) in [5.41, 5.74) is 2.97. The fraction of sp³-hybridized carbons (Fsp3) is 0.238. The van der Waals surface area contributed by atoms with Crippen LogP contribution in [0.3, 0.4) is 0 Å². The molecule has 1 heterocycles. The third-order valence-electron chi connectivity index (χ3n) is 4.39. The molecule has 29 heavy (non-hydrogen) atoms. The van der Waals surface area contributed by atoms with Crippen LogP contribution in [0, 0.1) is 13.8 Å². The molecule has 8 heteroatoms. The zero-order valence-electron chi connectivity index (χ0n) is 16.3. The van der Waals surface area contributed by atoms with Crippen LogP contribution in [0.2, 0.25) is 5.02 Å². The van der Waals surface area contributed by atoms with Crippen LogP contribution in [0.5, 0.6) is 0 Å². The first-order chi connectivity index (χ1) is 13.8. The van der Waals surface area contributed by atoms with Gasteiger partial charge in [-0.15, -0.1) is 0 Å². The van der Waals surface area contributed by atoms with Crippen molar-refractivity contribution in [3.63, 3.8) is 0 Å². The van der Waals surface area contributed by atoms with E-state index in [-0.39, 0.29) is 11.1 Å². The fourth-order valence-electron chi connectivity index (χ4n) is 2.94. The monoisotopic (exact) mass is 413 g/mol. The Kier molecular flexibility index (Phi) is 5.98. The highest BCUT2D eigenvalue weighted by molar-refractivity contribution is 6.33. The molecule has 7 nitrogen and oxygen atoms in total. The number of nitrogens with one attached hydrogen (secondary N) is 1. The summed E-state index contributed by atoms with van der Waals surface area (Å²) in [6.45, 7) is 5.41. The van der Waals surface area contributed by atoms with Crippen LogP contribution < -0.4 is 10.9 Å². The number of nitrogens with zero attached hydrogens (tertiary/aromatic N) is 2. The van der Waals surface area contributed by atoms with E-state index in [1.807, 2.05) is 19.9 Å². The number of carbonyl (C=O) groups excluding carboxylic acids is 2. The molecule has 3 rings (SSSR count). The second-order valence-corrected chi connectivity index (χ2v) is 6.96. The summed E-state index contributed by atoms with van der Waals surface area (Å²) < 4.78 is 6.68. The maximum atomic E-state index is 12.3. The van der Waals surface area contributed by atoms with Gasteiger partial charge in [-0.05, 0) is 56.7 Å². The number of esters is 1. The number of fused-ring (bicyclic) bond motifs is 1. The number of carbonyl (C=O) groups is 2. The number of benzene rings is 2.